The molecule has 2 aromatic heterocycles. The number of pyridine rings is 1. The minimum atomic E-state index is -0.0397. The Labute approximate surface area is 179 Å². The molecular weight excluding hydrogens is 400 g/mol. The molecule has 148 valence electrons. The number of thiophene rings is 1. The fourth-order valence-electron chi connectivity index (χ4n) is 3.56. The number of anilines is 2. The summed E-state index contributed by atoms with van der Waals surface area (Å²) < 4.78 is 0. The lowest BCUT2D eigenvalue weighted by Gasteiger charge is -2.27. The van der Waals surface area contributed by atoms with E-state index in [9.17, 15) is 4.79 Å². The van der Waals surface area contributed by atoms with Gasteiger partial charge in [0, 0.05) is 28.9 Å². The molecule has 2 atom stereocenters. The molecule has 3 heterocycles. The maximum Gasteiger partial charge on any atom is 0.224 e. The van der Waals surface area contributed by atoms with E-state index < -0.39 is 0 Å². The number of nitrogens with one attached hydrogen (secondary N) is 2. The second-order valence-corrected chi connectivity index (χ2v) is 8.28. The summed E-state index contributed by atoms with van der Waals surface area (Å²) in [5.74, 6) is 0.00545. The molecule has 1 aliphatic rings. The van der Waals surface area contributed by atoms with Crippen LogP contribution >= 0.6 is 23.6 Å². The standard InChI is InChI=1S/C22H22N4OS2/c1-3-19(27)24-16-10-9-15(13-14(16)2)26-21(18-8-6-12-29-18)20(25-22(26)28)17-7-4-5-11-23-17/h4-13,20-21H,3H2,1-2H3,(H,24,27)(H,25,28)/t20-,21-/m0/s1. The number of carbonyl (C=O) groups is 1. The van der Waals surface area contributed by atoms with Gasteiger partial charge in [-0.05, 0) is 66.5 Å². The summed E-state index contributed by atoms with van der Waals surface area (Å²) in [6.07, 6.45) is 2.26. The molecule has 0 unspecified atom stereocenters. The number of hydrogen-bond acceptors (Lipinski definition) is 4. The Balaban J connectivity index is 1.73. The molecule has 0 aliphatic carbocycles. The Bertz CT molecular complexity index is 1020. The molecule has 0 bridgehead atoms. The lowest BCUT2D eigenvalue weighted by molar-refractivity contribution is -0.115. The van der Waals surface area contributed by atoms with Crippen molar-refractivity contribution < 1.29 is 4.79 Å². The highest BCUT2D eigenvalue weighted by Gasteiger charge is 2.41. The van der Waals surface area contributed by atoms with Gasteiger partial charge in [0.2, 0.25) is 5.91 Å². The first-order chi connectivity index (χ1) is 14.1. The number of rotatable bonds is 5. The molecule has 1 amide bonds. The number of aromatic nitrogens is 1. The summed E-state index contributed by atoms with van der Waals surface area (Å²) in [5.41, 5.74) is 3.77. The molecule has 1 aromatic carbocycles. The molecule has 4 rings (SSSR count). The first kappa shape index (κ1) is 19.5. The Morgan fingerprint density at radius 3 is 2.79 bits per heavy atom. The van der Waals surface area contributed by atoms with Crippen LogP contribution in [0.1, 0.15) is 41.6 Å². The molecule has 0 spiro atoms. The third-order valence-corrected chi connectivity index (χ3v) is 6.27. The molecule has 1 fully saturated rings. The van der Waals surface area contributed by atoms with Crippen LogP contribution in [-0.4, -0.2) is 16.0 Å². The van der Waals surface area contributed by atoms with Crippen LogP contribution in [0.2, 0.25) is 0 Å². The minimum absolute atomic E-state index is 0.00545. The first-order valence-electron chi connectivity index (χ1n) is 9.53. The zero-order valence-corrected chi connectivity index (χ0v) is 17.9. The van der Waals surface area contributed by atoms with E-state index in [1.807, 2.05) is 50.4 Å². The molecule has 29 heavy (non-hydrogen) atoms. The van der Waals surface area contributed by atoms with Gasteiger partial charge in [-0.25, -0.2) is 0 Å². The van der Waals surface area contributed by atoms with Crippen LogP contribution in [0.25, 0.3) is 0 Å². The average molecular weight is 423 g/mol. The van der Waals surface area contributed by atoms with Gasteiger partial charge in [0.25, 0.3) is 0 Å². The number of nitrogens with zero attached hydrogens (tertiary/aromatic N) is 2. The summed E-state index contributed by atoms with van der Waals surface area (Å²) in [6, 6.07) is 16.1. The predicted molar refractivity (Wildman–Crippen MR) is 122 cm³/mol. The number of amides is 1. The fourth-order valence-corrected chi connectivity index (χ4v) is 4.76. The van der Waals surface area contributed by atoms with Gasteiger partial charge in [0.15, 0.2) is 5.11 Å². The van der Waals surface area contributed by atoms with Gasteiger partial charge in [-0.1, -0.05) is 19.1 Å². The lowest BCUT2D eigenvalue weighted by atomic mass is 10.0. The normalized spacial score (nSPS) is 18.6. The topological polar surface area (TPSA) is 57.3 Å². The van der Waals surface area contributed by atoms with Gasteiger partial charge in [0.1, 0.15) is 0 Å². The summed E-state index contributed by atoms with van der Waals surface area (Å²) in [4.78, 5) is 19.7. The monoisotopic (exact) mass is 422 g/mol. The molecule has 0 saturated carbocycles. The predicted octanol–water partition coefficient (Wildman–Crippen LogP) is 4.98. The van der Waals surface area contributed by atoms with Gasteiger partial charge >= 0.3 is 0 Å². The summed E-state index contributed by atoms with van der Waals surface area (Å²) in [5, 5.41) is 9.17. The van der Waals surface area contributed by atoms with Crippen LogP contribution in [0.15, 0.2) is 60.1 Å². The SMILES string of the molecule is CCC(=O)Nc1ccc(N2C(=S)N[C@@H](c3ccccn3)[C@@H]2c2cccs2)cc1C. The Morgan fingerprint density at radius 1 is 1.28 bits per heavy atom. The van der Waals surface area contributed by atoms with Crippen molar-refractivity contribution >= 4 is 45.9 Å². The van der Waals surface area contributed by atoms with Crippen molar-refractivity contribution in [2.75, 3.05) is 10.2 Å². The van der Waals surface area contributed by atoms with Crippen molar-refractivity contribution in [3.63, 3.8) is 0 Å². The zero-order valence-electron chi connectivity index (χ0n) is 16.3. The van der Waals surface area contributed by atoms with Crippen molar-refractivity contribution in [1.82, 2.24) is 10.3 Å². The number of carbonyl (C=O) groups excluding carboxylic acids is 1. The van der Waals surface area contributed by atoms with Crippen molar-refractivity contribution in [2.24, 2.45) is 0 Å². The summed E-state index contributed by atoms with van der Waals surface area (Å²) in [7, 11) is 0. The van der Waals surface area contributed by atoms with E-state index in [4.69, 9.17) is 12.2 Å². The Morgan fingerprint density at radius 2 is 2.14 bits per heavy atom. The maximum absolute atomic E-state index is 11.8. The Hall–Kier alpha value is -2.77. The van der Waals surface area contributed by atoms with Crippen LogP contribution < -0.4 is 15.5 Å². The molecule has 7 heteroatoms. The van der Waals surface area contributed by atoms with Gasteiger partial charge in [-0.3, -0.25) is 9.78 Å². The number of benzene rings is 1. The fraction of sp³-hybridized carbons (Fsp3) is 0.227. The van der Waals surface area contributed by atoms with Crippen LogP contribution in [-0.2, 0) is 4.79 Å². The van der Waals surface area contributed by atoms with E-state index in [0.29, 0.717) is 11.5 Å². The van der Waals surface area contributed by atoms with Crippen LogP contribution in [0.5, 0.6) is 0 Å². The van der Waals surface area contributed by atoms with Crippen molar-refractivity contribution in [2.45, 2.75) is 32.4 Å². The molecule has 2 N–H and O–H groups in total. The zero-order chi connectivity index (χ0) is 20.4. The van der Waals surface area contributed by atoms with Crippen molar-refractivity contribution in [1.29, 1.82) is 0 Å². The second kappa shape index (κ2) is 8.31. The molecular formula is C22H22N4OS2. The van der Waals surface area contributed by atoms with E-state index in [1.165, 1.54) is 4.88 Å². The lowest BCUT2D eigenvalue weighted by Crippen LogP contribution is -2.29. The average Bonchev–Trinajstić information content (AvgIpc) is 3.37. The smallest absolute Gasteiger partial charge is 0.224 e. The van der Waals surface area contributed by atoms with E-state index in [0.717, 1.165) is 22.6 Å². The third kappa shape index (κ3) is 3.88. The number of thiocarbonyl (C=S) groups is 1. The highest BCUT2D eigenvalue weighted by atomic mass is 32.1. The molecule has 1 aliphatic heterocycles. The number of aryl methyl sites for hydroxylation is 1. The van der Waals surface area contributed by atoms with Gasteiger partial charge in [-0.2, -0.15) is 0 Å². The van der Waals surface area contributed by atoms with Gasteiger partial charge < -0.3 is 15.5 Å². The molecule has 0 radical (unpaired) electrons. The van der Waals surface area contributed by atoms with E-state index in [2.05, 4.69) is 44.1 Å². The van der Waals surface area contributed by atoms with E-state index in [1.54, 1.807) is 11.3 Å². The molecule has 1 saturated heterocycles. The molecule has 3 aromatic rings. The van der Waals surface area contributed by atoms with Gasteiger partial charge in [-0.15, -0.1) is 11.3 Å². The first-order valence-corrected chi connectivity index (χ1v) is 10.8. The largest absolute Gasteiger partial charge is 0.351 e. The summed E-state index contributed by atoms with van der Waals surface area (Å²) in [6.45, 7) is 3.84. The van der Waals surface area contributed by atoms with Crippen LogP contribution in [0.3, 0.4) is 0 Å². The third-order valence-electron chi connectivity index (χ3n) is 5.02. The van der Waals surface area contributed by atoms with Gasteiger partial charge in [0.05, 0.1) is 17.8 Å². The van der Waals surface area contributed by atoms with Crippen LogP contribution in [0.4, 0.5) is 11.4 Å². The van der Waals surface area contributed by atoms with E-state index in [-0.39, 0.29) is 18.0 Å². The Kier molecular flexibility index (Phi) is 5.60. The highest BCUT2D eigenvalue weighted by molar-refractivity contribution is 7.80. The number of hydrogen-bond donors (Lipinski definition) is 2. The van der Waals surface area contributed by atoms with Crippen molar-refractivity contribution in [3.05, 3.63) is 76.2 Å². The highest BCUT2D eigenvalue weighted by Crippen LogP contribution is 2.43. The van der Waals surface area contributed by atoms with Crippen LogP contribution in [0, 0.1) is 6.92 Å². The molecule has 5 nitrogen and oxygen atoms in total. The quantitative estimate of drug-likeness (QED) is 0.568. The minimum Gasteiger partial charge on any atom is -0.351 e. The van der Waals surface area contributed by atoms with Crippen molar-refractivity contribution in [3.8, 4) is 0 Å². The summed E-state index contributed by atoms with van der Waals surface area (Å²) >= 11 is 7.45. The maximum atomic E-state index is 11.8. The van der Waals surface area contributed by atoms with E-state index >= 15 is 0 Å². The second-order valence-electron chi connectivity index (χ2n) is 6.91.